The fourth-order valence-corrected chi connectivity index (χ4v) is 4.91. The van der Waals surface area contributed by atoms with Gasteiger partial charge in [0.05, 0.1) is 0 Å². The Balaban J connectivity index is 2.48. The minimum absolute atomic E-state index is 0.364. The van der Waals surface area contributed by atoms with E-state index in [1.807, 2.05) is 18.7 Å². The number of aryl methyl sites for hydroxylation is 1. The summed E-state index contributed by atoms with van der Waals surface area (Å²) in [5.41, 5.74) is 1.50. The lowest BCUT2D eigenvalue weighted by molar-refractivity contribution is 0.295. The molecule has 0 saturated carbocycles. The zero-order chi connectivity index (χ0) is 11.5. The smallest absolute Gasteiger partial charge is 0.150 e. The molecule has 0 aromatic carbocycles. The van der Waals surface area contributed by atoms with E-state index in [-0.39, 0.29) is 0 Å². The highest BCUT2D eigenvalue weighted by Crippen LogP contribution is 2.33. The van der Waals surface area contributed by atoms with Gasteiger partial charge in [-0.05, 0) is 18.3 Å². The first-order chi connectivity index (χ1) is 6.93. The van der Waals surface area contributed by atoms with Crippen molar-refractivity contribution in [2.45, 2.75) is 32.0 Å². The molecule has 0 bridgehead atoms. The molecule has 0 saturated heterocycles. The second kappa shape index (κ2) is 5.69. The summed E-state index contributed by atoms with van der Waals surface area (Å²) in [5, 5.41) is 3.18. The van der Waals surface area contributed by atoms with Gasteiger partial charge in [0, 0.05) is 22.2 Å². The van der Waals surface area contributed by atoms with Gasteiger partial charge in [0.25, 0.3) is 0 Å². The van der Waals surface area contributed by atoms with Gasteiger partial charge in [0.15, 0.2) is 0 Å². The Morgan fingerprint density at radius 2 is 2.20 bits per heavy atom. The maximum atomic E-state index is 4.47. The van der Waals surface area contributed by atoms with E-state index >= 15 is 0 Å². The summed E-state index contributed by atoms with van der Waals surface area (Å²) in [6, 6.07) is 0. The zero-order valence-corrected chi connectivity index (χ0v) is 12.9. The summed E-state index contributed by atoms with van der Waals surface area (Å²) in [7, 11) is 0. The minimum atomic E-state index is 0.364. The third-order valence-corrected chi connectivity index (χ3v) is 5.50. The summed E-state index contributed by atoms with van der Waals surface area (Å²) in [6.45, 7) is 8.94. The molecule has 1 aromatic rings. The van der Waals surface area contributed by atoms with Gasteiger partial charge < -0.3 is 0 Å². The van der Waals surface area contributed by atoms with Crippen LogP contribution in [0.15, 0.2) is 9.72 Å². The standard InChI is InChI=1S/C11H18BrNS2/c1-8-6-14-10(13-8)15-7-9(5-12)11(2,3)4/h6,9H,5,7H2,1-4H3. The Hall–Kier alpha value is 0.460. The van der Waals surface area contributed by atoms with Gasteiger partial charge in [-0.1, -0.05) is 48.5 Å². The first kappa shape index (κ1) is 13.5. The van der Waals surface area contributed by atoms with Crippen molar-refractivity contribution in [3.05, 3.63) is 11.1 Å². The molecule has 0 aliphatic heterocycles. The second-order valence-corrected chi connectivity index (χ2v) is 7.56. The van der Waals surface area contributed by atoms with Crippen LogP contribution < -0.4 is 0 Å². The minimum Gasteiger partial charge on any atom is -0.235 e. The number of hydrogen-bond donors (Lipinski definition) is 0. The number of nitrogens with zero attached hydrogens (tertiary/aromatic N) is 1. The molecule has 1 atom stereocenters. The van der Waals surface area contributed by atoms with Crippen LogP contribution in [0.25, 0.3) is 0 Å². The van der Waals surface area contributed by atoms with Crippen LogP contribution in [0.2, 0.25) is 0 Å². The average molecular weight is 308 g/mol. The lowest BCUT2D eigenvalue weighted by Gasteiger charge is -2.28. The summed E-state index contributed by atoms with van der Waals surface area (Å²) in [5.74, 6) is 1.83. The molecule has 1 heterocycles. The van der Waals surface area contributed by atoms with Crippen LogP contribution in [0.5, 0.6) is 0 Å². The van der Waals surface area contributed by atoms with Crippen molar-refractivity contribution in [3.8, 4) is 0 Å². The van der Waals surface area contributed by atoms with E-state index in [2.05, 4.69) is 47.1 Å². The Labute approximate surface area is 109 Å². The molecular formula is C11H18BrNS2. The van der Waals surface area contributed by atoms with E-state index in [0.29, 0.717) is 11.3 Å². The van der Waals surface area contributed by atoms with Crippen LogP contribution in [0.3, 0.4) is 0 Å². The number of halogens is 1. The van der Waals surface area contributed by atoms with Gasteiger partial charge in [-0.3, -0.25) is 0 Å². The third-order valence-electron chi connectivity index (χ3n) is 2.42. The largest absolute Gasteiger partial charge is 0.235 e. The van der Waals surface area contributed by atoms with Crippen LogP contribution in [0.1, 0.15) is 26.5 Å². The zero-order valence-electron chi connectivity index (χ0n) is 9.71. The Bertz CT molecular complexity index is 304. The number of aromatic nitrogens is 1. The number of hydrogen-bond acceptors (Lipinski definition) is 3. The molecule has 4 heteroatoms. The highest BCUT2D eigenvalue weighted by Gasteiger charge is 2.23. The molecule has 1 unspecified atom stereocenters. The SMILES string of the molecule is Cc1csc(SCC(CBr)C(C)(C)C)n1. The molecular weight excluding hydrogens is 290 g/mol. The molecule has 0 fully saturated rings. The Morgan fingerprint density at radius 1 is 1.53 bits per heavy atom. The van der Waals surface area contributed by atoms with E-state index < -0.39 is 0 Å². The predicted molar refractivity (Wildman–Crippen MR) is 74.3 cm³/mol. The molecule has 1 rings (SSSR count). The Morgan fingerprint density at radius 3 is 2.60 bits per heavy atom. The maximum Gasteiger partial charge on any atom is 0.150 e. The van der Waals surface area contributed by atoms with E-state index in [4.69, 9.17) is 0 Å². The van der Waals surface area contributed by atoms with Crippen LogP contribution >= 0.6 is 39.0 Å². The average Bonchev–Trinajstić information content (AvgIpc) is 2.50. The highest BCUT2D eigenvalue weighted by molar-refractivity contribution is 9.09. The summed E-state index contributed by atoms with van der Waals surface area (Å²) >= 11 is 7.23. The first-order valence-electron chi connectivity index (χ1n) is 5.04. The summed E-state index contributed by atoms with van der Waals surface area (Å²) in [4.78, 5) is 4.47. The van der Waals surface area contributed by atoms with Gasteiger partial charge in [0.2, 0.25) is 0 Å². The molecule has 0 aliphatic rings. The quantitative estimate of drug-likeness (QED) is 0.595. The van der Waals surface area contributed by atoms with Crippen molar-refractivity contribution < 1.29 is 0 Å². The molecule has 0 amide bonds. The van der Waals surface area contributed by atoms with Crippen LogP contribution in [-0.2, 0) is 0 Å². The van der Waals surface area contributed by atoms with Crippen molar-refractivity contribution in [2.24, 2.45) is 11.3 Å². The normalized spacial score (nSPS) is 14.2. The monoisotopic (exact) mass is 307 g/mol. The van der Waals surface area contributed by atoms with Crippen molar-refractivity contribution in [1.82, 2.24) is 4.98 Å². The second-order valence-electron chi connectivity index (χ2n) is 4.78. The first-order valence-corrected chi connectivity index (χ1v) is 8.03. The van der Waals surface area contributed by atoms with Crippen molar-refractivity contribution in [2.75, 3.05) is 11.1 Å². The molecule has 0 aliphatic carbocycles. The van der Waals surface area contributed by atoms with Gasteiger partial charge >= 0.3 is 0 Å². The fraction of sp³-hybridized carbons (Fsp3) is 0.727. The van der Waals surface area contributed by atoms with E-state index in [0.717, 1.165) is 16.8 Å². The van der Waals surface area contributed by atoms with Gasteiger partial charge in [0.1, 0.15) is 4.34 Å². The third kappa shape index (κ3) is 4.45. The van der Waals surface area contributed by atoms with Gasteiger partial charge in [-0.2, -0.15) is 0 Å². The van der Waals surface area contributed by atoms with Crippen LogP contribution in [0, 0.1) is 18.3 Å². The fourth-order valence-electron chi connectivity index (χ4n) is 1.10. The lowest BCUT2D eigenvalue weighted by Crippen LogP contribution is -2.23. The van der Waals surface area contributed by atoms with Crippen molar-refractivity contribution in [1.29, 1.82) is 0 Å². The summed E-state index contributed by atoms with van der Waals surface area (Å²) in [6.07, 6.45) is 0. The van der Waals surface area contributed by atoms with Crippen molar-refractivity contribution >= 4 is 39.0 Å². The summed E-state index contributed by atoms with van der Waals surface area (Å²) < 4.78 is 1.20. The topological polar surface area (TPSA) is 12.9 Å². The number of thiazole rings is 1. The van der Waals surface area contributed by atoms with E-state index in [1.54, 1.807) is 11.3 Å². The number of rotatable bonds is 4. The maximum absolute atomic E-state index is 4.47. The molecule has 0 radical (unpaired) electrons. The molecule has 0 spiro atoms. The van der Waals surface area contributed by atoms with Gasteiger partial charge in [-0.15, -0.1) is 11.3 Å². The molecule has 1 aromatic heterocycles. The number of alkyl halides is 1. The van der Waals surface area contributed by atoms with Crippen LogP contribution in [0.4, 0.5) is 0 Å². The van der Waals surface area contributed by atoms with Crippen LogP contribution in [-0.4, -0.2) is 16.1 Å². The van der Waals surface area contributed by atoms with Gasteiger partial charge in [-0.25, -0.2) is 4.98 Å². The van der Waals surface area contributed by atoms with E-state index in [9.17, 15) is 0 Å². The molecule has 1 nitrogen and oxygen atoms in total. The molecule has 15 heavy (non-hydrogen) atoms. The highest BCUT2D eigenvalue weighted by atomic mass is 79.9. The van der Waals surface area contributed by atoms with Crippen molar-refractivity contribution in [3.63, 3.8) is 0 Å². The Kier molecular flexibility index (Phi) is 5.13. The molecule has 0 N–H and O–H groups in total. The lowest BCUT2D eigenvalue weighted by atomic mass is 9.83. The van der Waals surface area contributed by atoms with E-state index in [1.165, 1.54) is 4.34 Å². The number of thioether (sulfide) groups is 1. The molecule has 86 valence electrons. The predicted octanol–water partition coefficient (Wildman–Crippen LogP) is 4.60.